The number of aromatic nitrogens is 4. The third-order valence-electron chi connectivity index (χ3n) is 8.02. The van der Waals surface area contributed by atoms with Gasteiger partial charge in [-0.15, -0.1) is 0 Å². The zero-order valence-corrected chi connectivity index (χ0v) is 23.8. The van der Waals surface area contributed by atoms with Crippen molar-refractivity contribution in [2.24, 2.45) is 0 Å². The molecule has 1 aliphatic heterocycles. The van der Waals surface area contributed by atoms with Crippen LogP contribution in [0.4, 0.5) is 10.1 Å². The Hall–Kier alpha value is -5.57. The highest BCUT2D eigenvalue weighted by Gasteiger charge is 2.26. The number of anilines is 1. The fourth-order valence-electron chi connectivity index (χ4n) is 5.77. The number of aromatic amines is 1. The van der Waals surface area contributed by atoms with Gasteiger partial charge in [-0.2, -0.15) is 0 Å². The molecule has 0 radical (unpaired) electrons. The minimum atomic E-state index is -0.307. The minimum absolute atomic E-state index is 0.131. The van der Waals surface area contributed by atoms with Crippen LogP contribution < -0.4 is 16.2 Å². The molecule has 6 aromatic rings. The van der Waals surface area contributed by atoms with Gasteiger partial charge >= 0.3 is 0 Å². The second kappa shape index (κ2) is 11.6. The summed E-state index contributed by atoms with van der Waals surface area (Å²) >= 11 is 0. The van der Waals surface area contributed by atoms with Crippen molar-refractivity contribution in [2.45, 2.75) is 32.0 Å². The van der Waals surface area contributed by atoms with Crippen LogP contribution in [0.3, 0.4) is 0 Å². The summed E-state index contributed by atoms with van der Waals surface area (Å²) in [6.07, 6.45) is 4.80. The number of nitrogens with one attached hydrogen (secondary N) is 3. The number of halogens is 1. The number of pyridine rings is 1. The van der Waals surface area contributed by atoms with Gasteiger partial charge in [-0.25, -0.2) is 9.37 Å². The lowest BCUT2D eigenvalue weighted by Gasteiger charge is -2.28. The molecule has 9 heteroatoms. The Morgan fingerprint density at radius 1 is 0.977 bits per heavy atom. The second-order valence-electron chi connectivity index (χ2n) is 10.9. The molecule has 0 spiro atoms. The van der Waals surface area contributed by atoms with E-state index in [9.17, 15) is 14.0 Å². The maximum atomic E-state index is 14.3. The van der Waals surface area contributed by atoms with E-state index >= 15 is 0 Å². The molecule has 0 fully saturated rings. The zero-order chi connectivity index (χ0) is 30.0. The van der Waals surface area contributed by atoms with Crippen LogP contribution in [0.25, 0.3) is 33.4 Å². The van der Waals surface area contributed by atoms with Crippen LogP contribution in [0.15, 0.2) is 108 Å². The highest BCUT2D eigenvalue weighted by atomic mass is 19.1. The van der Waals surface area contributed by atoms with E-state index in [1.807, 2.05) is 72.8 Å². The number of fused-ring (bicyclic) bond motifs is 2. The second-order valence-corrected chi connectivity index (χ2v) is 10.9. The molecule has 1 amide bonds. The van der Waals surface area contributed by atoms with Crippen molar-refractivity contribution in [1.29, 1.82) is 0 Å². The molecule has 8 nitrogen and oxygen atoms in total. The van der Waals surface area contributed by atoms with E-state index in [2.05, 4.69) is 20.6 Å². The lowest BCUT2D eigenvalue weighted by molar-refractivity contribution is -0.121. The topological polar surface area (TPSA) is 105 Å². The SMILES string of the molecule is O=C(Cn1c(-c2ccccc2)nc2c(c1=O)NC(c1ccc(-c3ccccc3F)cc1)CC2)NCc1cc2cnccc2[nH]1. The standard InChI is InChI=1S/C35H29FN6O2/c36-28-9-5-4-8-27(28)22-10-12-23(13-11-22)29-14-15-31-33(40-29)35(44)42(34(41-31)24-6-2-1-3-7-24)21-32(43)38-20-26-18-25-19-37-17-16-30(25)39-26/h1-13,16-19,29,39-40H,14-15,20-21H2,(H,38,43). The third kappa shape index (κ3) is 5.35. The van der Waals surface area contributed by atoms with Crippen molar-refractivity contribution in [2.75, 3.05) is 5.32 Å². The normalized spacial score (nSPS) is 14.2. The molecule has 0 bridgehead atoms. The van der Waals surface area contributed by atoms with E-state index in [4.69, 9.17) is 4.98 Å². The maximum Gasteiger partial charge on any atom is 0.277 e. The van der Waals surface area contributed by atoms with Crippen molar-refractivity contribution in [1.82, 2.24) is 24.8 Å². The molecule has 0 saturated heterocycles. The van der Waals surface area contributed by atoms with E-state index in [0.717, 1.165) is 39.7 Å². The van der Waals surface area contributed by atoms with Crippen molar-refractivity contribution in [3.63, 3.8) is 0 Å². The smallest absolute Gasteiger partial charge is 0.277 e. The molecule has 0 aliphatic carbocycles. The predicted octanol–water partition coefficient (Wildman–Crippen LogP) is 6.01. The highest BCUT2D eigenvalue weighted by molar-refractivity contribution is 5.80. The summed E-state index contributed by atoms with van der Waals surface area (Å²) in [5, 5.41) is 7.29. The number of carbonyl (C=O) groups is 1. The van der Waals surface area contributed by atoms with Crippen molar-refractivity contribution >= 4 is 22.5 Å². The van der Waals surface area contributed by atoms with Gasteiger partial charge in [0.2, 0.25) is 5.91 Å². The summed E-state index contributed by atoms with van der Waals surface area (Å²) in [6.45, 7) is 0.0965. The molecule has 4 heterocycles. The van der Waals surface area contributed by atoms with Crippen LogP contribution in [0.2, 0.25) is 0 Å². The maximum absolute atomic E-state index is 14.3. The Morgan fingerprint density at radius 3 is 2.57 bits per heavy atom. The zero-order valence-electron chi connectivity index (χ0n) is 23.8. The molecule has 7 rings (SSSR count). The van der Waals surface area contributed by atoms with Gasteiger partial charge < -0.3 is 15.6 Å². The number of aryl methyl sites for hydroxylation is 1. The lowest BCUT2D eigenvalue weighted by Crippen LogP contribution is -2.36. The Labute approximate surface area is 252 Å². The summed E-state index contributed by atoms with van der Waals surface area (Å²) in [5.41, 5.74) is 5.63. The summed E-state index contributed by atoms with van der Waals surface area (Å²) in [5.74, 6) is -0.122. The molecule has 1 atom stereocenters. The molecule has 0 saturated carbocycles. The van der Waals surface area contributed by atoms with E-state index < -0.39 is 0 Å². The van der Waals surface area contributed by atoms with Gasteiger partial charge in [-0.3, -0.25) is 19.1 Å². The fourth-order valence-corrected chi connectivity index (χ4v) is 5.77. The minimum Gasteiger partial charge on any atom is -0.372 e. The molecule has 1 unspecified atom stereocenters. The van der Waals surface area contributed by atoms with Crippen LogP contribution in [0, 0.1) is 5.82 Å². The first-order valence-corrected chi connectivity index (χ1v) is 14.5. The number of benzene rings is 3. The van der Waals surface area contributed by atoms with Gasteiger partial charge in [-0.05, 0) is 42.2 Å². The van der Waals surface area contributed by atoms with E-state index in [-0.39, 0.29) is 36.4 Å². The Morgan fingerprint density at radius 2 is 1.77 bits per heavy atom. The van der Waals surface area contributed by atoms with Crippen LogP contribution in [0.5, 0.6) is 0 Å². The van der Waals surface area contributed by atoms with Gasteiger partial charge in [0.1, 0.15) is 23.9 Å². The third-order valence-corrected chi connectivity index (χ3v) is 8.02. The van der Waals surface area contributed by atoms with Crippen LogP contribution in [-0.2, 0) is 24.3 Å². The van der Waals surface area contributed by atoms with Gasteiger partial charge in [0, 0.05) is 40.1 Å². The number of nitrogens with zero attached hydrogens (tertiary/aromatic N) is 3. The average molecular weight is 585 g/mol. The van der Waals surface area contributed by atoms with Crippen LogP contribution >= 0.6 is 0 Å². The highest BCUT2D eigenvalue weighted by Crippen LogP contribution is 2.32. The van der Waals surface area contributed by atoms with E-state index in [0.29, 0.717) is 29.2 Å². The Kier molecular flexibility index (Phi) is 7.19. The molecule has 3 N–H and O–H groups in total. The number of rotatable bonds is 7. The van der Waals surface area contributed by atoms with Crippen LogP contribution in [-0.4, -0.2) is 25.4 Å². The summed E-state index contributed by atoms with van der Waals surface area (Å²) < 4.78 is 15.8. The van der Waals surface area contributed by atoms with Gasteiger partial charge in [0.15, 0.2) is 0 Å². The average Bonchev–Trinajstić information content (AvgIpc) is 3.49. The predicted molar refractivity (Wildman–Crippen MR) is 168 cm³/mol. The molecule has 218 valence electrons. The molecule has 44 heavy (non-hydrogen) atoms. The monoisotopic (exact) mass is 584 g/mol. The first-order valence-electron chi connectivity index (χ1n) is 14.5. The molecule has 1 aliphatic rings. The number of hydrogen-bond acceptors (Lipinski definition) is 5. The van der Waals surface area contributed by atoms with E-state index in [1.165, 1.54) is 10.6 Å². The lowest BCUT2D eigenvalue weighted by atomic mass is 9.94. The molecule has 3 aromatic heterocycles. The fraction of sp³-hybridized carbons (Fsp3) is 0.143. The van der Waals surface area contributed by atoms with Crippen molar-refractivity contribution in [3.8, 4) is 22.5 Å². The van der Waals surface area contributed by atoms with Gasteiger partial charge in [0.25, 0.3) is 5.56 Å². The van der Waals surface area contributed by atoms with Gasteiger partial charge in [0.05, 0.1) is 18.3 Å². The largest absolute Gasteiger partial charge is 0.372 e. The first-order chi connectivity index (χ1) is 21.5. The molecular formula is C35H29FN6O2. The Bertz CT molecular complexity index is 2000. The van der Waals surface area contributed by atoms with Crippen molar-refractivity contribution in [3.05, 3.63) is 137 Å². The molecule has 3 aromatic carbocycles. The number of amides is 1. The van der Waals surface area contributed by atoms with Crippen molar-refractivity contribution < 1.29 is 9.18 Å². The van der Waals surface area contributed by atoms with Gasteiger partial charge in [-0.1, -0.05) is 72.8 Å². The summed E-state index contributed by atoms with van der Waals surface area (Å²) in [4.78, 5) is 39.5. The summed E-state index contributed by atoms with van der Waals surface area (Å²) in [6, 6.07) is 27.5. The Balaban J connectivity index is 1.15. The number of hydrogen-bond donors (Lipinski definition) is 3. The number of H-pyrrole nitrogens is 1. The summed E-state index contributed by atoms with van der Waals surface area (Å²) in [7, 11) is 0. The quantitative estimate of drug-likeness (QED) is 0.213. The first kappa shape index (κ1) is 27.3. The molecular weight excluding hydrogens is 555 g/mol. The number of carbonyl (C=O) groups excluding carboxylic acids is 1. The van der Waals surface area contributed by atoms with Crippen LogP contribution in [0.1, 0.15) is 29.4 Å². The van der Waals surface area contributed by atoms with E-state index in [1.54, 1.807) is 24.5 Å².